The zero-order chi connectivity index (χ0) is 18.5. The number of hydrogen-bond donors (Lipinski definition) is 0. The summed E-state index contributed by atoms with van der Waals surface area (Å²) in [6.45, 7) is 5.98. The van der Waals surface area contributed by atoms with E-state index in [4.69, 9.17) is 0 Å². The number of amides is 1. The summed E-state index contributed by atoms with van der Waals surface area (Å²) in [6, 6.07) is 5.40. The first-order valence-electron chi connectivity index (χ1n) is 8.61. The molecule has 3 heterocycles. The number of rotatable bonds is 6. The second-order valence-corrected chi connectivity index (χ2v) is 6.39. The normalized spacial score (nSPS) is 15.2. The number of aromatic nitrogens is 3. The highest BCUT2D eigenvalue weighted by molar-refractivity contribution is 5.76. The third-order valence-corrected chi connectivity index (χ3v) is 4.55. The SMILES string of the molecule is Cc1cc([N+](=O)[O-])nn1CCC(=O)N1CCN(Cc2cccnc2)CC1. The van der Waals surface area contributed by atoms with Gasteiger partial charge in [-0.1, -0.05) is 6.07 Å². The highest BCUT2D eigenvalue weighted by Crippen LogP contribution is 2.13. The minimum absolute atomic E-state index is 0.0589. The average molecular weight is 358 g/mol. The predicted octanol–water partition coefficient (Wildman–Crippen LogP) is 1.23. The third-order valence-electron chi connectivity index (χ3n) is 4.55. The fraction of sp³-hybridized carbons (Fsp3) is 0.471. The van der Waals surface area contributed by atoms with Gasteiger partial charge in [0.2, 0.25) is 5.91 Å². The molecule has 0 radical (unpaired) electrons. The van der Waals surface area contributed by atoms with E-state index in [1.807, 2.05) is 17.2 Å². The van der Waals surface area contributed by atoms with Gasteiger partial charge in [-0.3, -0.25) is 14.7 Å². The Labute approximate surface area is 151 Å². The molecule has 0 unspecified atom stereocenters. The number of carbonyl (C=O) groups excluding carboxylic acids is 1. The highest BCUT2D eigenvalue weighted by Gasteiger charge is 2.22. The van der Waals surface area contributed by atoms with Gasteiger partial charge in [0.1, 0.15) is 0 Å². The maximum atomic E-state index is 12.4. The number of hydrogen-bond acceptors (Lipinski definition) is 6. The Morgan fingerprint density at radius 2 is 2.08 bits per heavy atom. The summed E-state index contributed by atoms with van der Waals surface area (Å²) < 4.78 is 1.52. The fourth-order valence-electron chi connectivity index (χ4n) is 3.07. The largest absolute Gasteiger partial charge is 0.390 e. The van der Waals surface area contributed by atoms with E-state index in [2.05, 4.69) is 21.0 Å². The van der Waals surface area contributed by atoms with E-state index in [0.717, 1.165) is 19.6 Å². The number of aryl methyl sites for hydroxylation is 2. The van der Waals surface area contributed by atoms with E-state index in [1.54, 1.807) is 13.1 Å². The van der Waals surface area contributed by atoms with Crippen molar-refractivity contribution in [3.63, 3.8) is 0 Å². The molecule has 3 rings (SSSR count). The van der Waals surface area contributed by atoms with Crippen LogP contribution in [0.5, 0.6) is 0 Å². The van der Waals surface area contributed by atoms with Crippen molar-refractivity contribution in [2.75, 3.05) is 26.2 Å². The van der Waals surface area contributed by atoms with Crippen molar-refractivity contribution >= 4 is 11.7 Å². The molecular weight excluding hydrogens is 336 g/mol. The van der Waals surface area contributed by atoms with Crippen LogP contribution in [0.3, 0.4) is 0 Å². The van der Waals surface area contributed by atoms with Gasteiger partial charge in [0.25, 0.3) is 0 Å². The summed E-state index contributed by atoms with van der Waals surface area (Å²) in [5.74, 6) is -0.123. The molecule has 1 fully saturated rings. The smallest absolute Gasteiger partial charge is 0.358 e. The van der Waals surface area contributed by atoms with Crippen LogP contribution in [0.2, 0.25) is 0 Å². The molecule has 0 spiro atoms. The van der Waals surface area contributed by atoms with Crippen LogP contribution in [0.15, 0.2) is 30.6 Å². The van der Waals surface area contributed by atoms with E-state index in [9.17, 15) is 14.9 Å². The minimum atomic E-state index is -0.521. The maximum Gasteiger partial charge on any atom is 0.390 e. The quantitative estimate of drug-likeness (QED) is 0.569. The first-order chi connectivity index (χ1) is 12.5. The van der Waals surface area contributed by atoms with E-state index < -0.39 is 4.92 Å². The molecule has 1 aliphatic heterocycles. The van der Waals surface area contributed by atoms with E-state index in [1.165, 1.54) is 16.3 Å². The lowest BCUT2D eigenvalue weighted by molar-refractivity contribution is -0.389. The topological polar surface area (TPSA) is 97.4 Å². The van der Waals surface area contributed by atoms with Crippen molar-refractivity contribution in [1.82, 2.24) is 24.6 Å². The Balaban J connectivity index is 1.46. The number of pyridine rings is 1. The zero-order valence-corrected chi connectivity index (χ0v) is 14.7. The third kappa shape index (κ3) is 4.42. The van der Waals surface area contributed by atoms with Crippen LogP contribution < -0.4 is 0 Å². The van der Waals surface area contributed by atoms with Crippen LogP contribution in [0.25, 0.3) is 0 Å². The summed E-state index contributed by atoms with van der Waals surface area (Å²) in [4.78, 5) is 30.9. The van der Waals surface area contributed by atoms with Crippen molar-refractivity contribution in [3.05, 3.63) is 52.0 Å². The first kappa shape index (κ1) is 18.0. The van der Waals surface area contributed by atoms with Gasteiger partial charge in [0.15, 0.2) is 0 Å². The molecule has 0 aliphatic carbocycles. The van der Waals surface area contributed by atoms with Gasteiger partial charge < -0.3 is 15.0 Å². The molecule has 2 aromatic rings. The molecule has 0 atom stereocenters. The van der Waals surface area contributed by atoms with Crippen LogP contribution in [-0.4, -0.2) is 61.6 Å². The van der Waals surface area contributed by atoms with Crippen LogP contribution >= 0.6 is 0 Å². The molecule has 138 valence electrons. The second-order valence-electron chi connectivity index (χ2n) is 6.39. The van der Waals surface area contributed by atoms with Crippen LogP contribution in [0.1, 0.15) is 17.7 Å². The van der Waals surface area contributed by atoms with Gasteiger partial charge in [-0.2, -0.15) is 4.68 Å². The number of carbonyl (C=O) groups is 1. The van der Waals surface area contributed by atoms with E-state index in [0.29, 0.717) is 31.7 Å². The molecule has 2 aromatic heterocycles. The van der Waals surface area contributed by atoms with E-state index >= 15 is 0 Å². The predicted molar refractivity (Wildman–Crippen MR) is 94.3 cm³/mol. The molecule has 0 N–H and O–H groups in total. The molecule has 1 aliphatic rings. The number of nitrogens with zero attached hydrogens (tertiary/aromatic N) is 6. The van der Waals surface area contributed by atoms with Crippen molar-refractivity contribution in [3.8, 4) is 0 Å². The number of nitro groups is 1. The molecule has 0 saturated carbocycles. The Morgan fingerprint density at radius 1 is 1.31 bits per heavy atom. The minimum Gasteiger partial charge on any atom is -0.358 e. The summed E-state index contributed by atoms with van der Waals surface area (Å²) >= 11 is 0. The molecule has 1 saturated heterocycles. The highest BCUT2D eigenvalue weighted by atomic mass is 16.6. The van der Waals surface area contributed by atoms with Crippen molar-refractivity contribution in [2.45, 2.75) is 26.4 Å². The zero-order valence-electron chi connectivity index (χ0n) is 14.7. The van der Waals surface area contributed by atoms with Crippen molar-refractivity contribution in [2.24, 2.45) is 0 Å². The lowest BCUT2D eigenvalue weighted by Crippen LogP contribution is -2.48. The molecule has 0 bridgehead atoms. The molecule has 9 nitrogen and oxygen atoms in total. The Kier molecular flexibility index (Phi) is 5.57. The summed E-state index contributed by atoms with van der Waals surface area (Å²) in [6.07, 6.45) is 3.92. The Morgan fingerprint density at radius 3 is 2.69 bits per heavy atom. The van der Waals surface area contributed by atoms with Gasteiger partial charge in [-0.25, -0.2) is 0 Å². The van der Waals surface area contributed by atoms with E-state index in [-0.39, 0.29) is 11.7 Å². The molecule has 1 amide bonds. The van der Waals surface area contributed by atoms with Crippen LogP contribution in [0, 0.1) is 17.0 Å². The van der Waals surface area contributed by atoms with Crippen LogP contribution in [-0.2, 0) is 17.9 Å². The molecule has 0 aromatic carbocycles. The maximum absolute atomic E-state index is 12.4. The van der Waals surface area contributed by atoms with Gasteiger partial charge in [0.05, 0.1) is 23.4 Å². The van der Waals surface area contributed by atoms with Gasteiger partial charge >= 0.3 is 5.82 Å². The Bertz CT molecular complexity index is 768. The van der Waals surface area contributed by atoms with Gasteiger partial charge in [0, 0.05) is 51.5 Å². The molecular formula is C17H22N6O3. The first-order valence-corrected chi connectivity index (χ1v) is 8.61. The molecule has 9 heteroatoms. The fourth-order valence-corrected chi connectivity index (χ4v) is 3.07. The van der Waals surface area contributed by atoms with Crippen molar-refractivity contribution < 1.29 is 9.72 Å². The summed E-state index contributed by atoms with van der Waals surface area (Å²) in [7, 11) is 0. The lowest BCUT2D eigenvalue weighted by atomic mass is 10.2. The molecule has 26 heavy (non-hydrogen) atoms. The summed E-state index contributed by atoms with van der Waals surface area (Å²) in [5.41, 5.74) is 1.86. The van der Waals surface area contributed by atoms with Crippen LogP contribution in [0.4, 0.5) is 5.82 Å². The standard InChI is InChI=1S/C17H22N6O3/c1-14-11-16(23(25)26)19-22(14)6-4-17(24)21-9-7-20(8-10-21)13-15-3-2-5-18-12-15/h2-3,5,11-12H,4,6-10,13H2,1H3. The van der Waals surface area contributed by atoms with Gasteiger partial charge in [-0.05, 0) is 23.5 Å². The van der Waals surface area contributed by atoms with Gasteiger partial charge in [-0.15, -0.1) is 0 Å². The lowest BCUT2D eigenvalue weighted by Gasteiger charge is -2.34. The monoisotopic (exact) mass is 358 g/mol. The second kappa shape index (κ2) is 8.05. The Hall–Kier alpha value is -2.81. The number of piperazine rings is 1. The average Bonchev–Trinajstić information content (AvgIpc) is 3.02. The van der Waals surface area contributed by atoms with Crippen molar-refractivity contribution in [1.29, 1.82) is 0 Å². The summed E-state index contributed by atoms with van der Waals surface area (Å²) in [5, 5.41) is 14.7.